The van der Waals surface area contributed by atoms with Crippen LogP contribution < -0.4 is 4.74 Å². The number of halogens is 4. The SMILES string of the molecule is CCOC(=O)Cc1cc(OC(F)(F)F)c(CBr)cc1C#N. The van der Waals surface area contributed by atoms with Crippen LogP contribution in [0.3, 0.4) is 0 Å². The van der Waals surface area contributed by atoms with Gasteiger partial charge in [-0.3, -0.25) is 4.79 Å². The van der Waals surface area contributed by atoms with Crippen LogP contribution in [-0.4, -0.2) is 18.9 Å². The summed E-state index contributed by atoms with van der Waals surface area (Å²) >= 11 is 3.03. The van der Waals surface area contributed by atoms with Crippen LogP contribution in [0.2, 0.25) is 0 Å². The number of esters is 1. The molecule has 1 aromatic rings. The minimum atomic E-state index is -4.85. The number of hydrogen-bond donors (Lipinski definition) is 0. The van der Waals surface area contributed by atoms with Crippen molar-refractivity contribution in [3.8, 4) is 11.8 Å². The van der Waals surface area contributed by atoms with Crippen LogP contribution in [0.5, 0.6) is 5.75 Å². The van der Waals surface area contributed by atoms with Gasteiger partial charge in [0.2, 0.25) is 0 Å². The van der Waals surface area contributed by atoms with Gasteiger partial charge in [-0.2, -0.15) is 5.26 Å². The Hall–Kier alpha value is -1.75. The number of hydrogen-bond acceptors (Lipinski definition) is 4. The number of alkyl halides is 4. The highest BCUT2D eigenvalue weighted by molar-refractivity contribution is 9.08. The van der Waals surface area contributed by atoms with Crippen molar-refractivity contribution in [3.05, 3.63) is 28.8 Å². The summed E-state index contributed by atoms with van der Waals surface area (Å²) in [5.74, 6) is -1.07. The summed E-state index contributed by atoms with van der Waals surface area (Å²) in [6, 6.07) is 4.14. The van der Waals surface area contributed by atoms with Crippen molar-refractivity contribution in [1.82, 2.24) is 0 Å². The molecule has 0 aliphatic carbocycles. The molecule has 114 valence electrons. The van der Waals surface area contributed by atoms with Crippen LogP contribution in [-0.2, 0) is 21.3 Å². The Kier molecular flexibility index (Phi) is 6.03. The molecule has 0 heterocycles. The molecule has 21 heavy (non-hydrogen) atoms. The van der Waals surface area contributed by atoms with Gasteiger partial charge in [-0.1, -0.05) is 15.9 Å². The average Bonchev–Trinajstić information content (AvgIpc) is 2.37. The maximum absolute atomic E-state index is 12.4. The van der Waals surface area contributed by atoms with Crippen molar-refractivity contribution in [2.24, 2.45) is 0 Å². The van der Waals surface area contributed by atoms with E-state index in [1.54, 1.807) is 6.92 Å². The maximum Gasteiger partial charge on any atom is 0.573 e. The molecule has 1 aromatic carbocycles. The normalized spacial score (nSPS) is 10.9. The summed E-state index contributed by atoms with van der Waals surface area (Å²) in [6.45, 7) is 1.75. The number of rotatable bonds is 5. The van der Waals surface area contributed by atoms with Crippen LogP contribution in [0.4, 0.5) is 13.2 Å². The number of nitrogens with zero attached hydrogens (tertiary/aromatic N) is 1. The molecule has 0 bridgehead atoms. The monoisotopic (exact) mass is 365 g/mol. The molecule has 0 radical (unpaired) electrons. The predicted octanol–water partition coefficient (Wildman–Crippen LogP) is 3.46. The van der Waals surface area contributed by atoms with Crippen molar-refractivity contribution in [1.29, 1.82) is 5.26 Å². The second-order valence-corrected chi connectivity index (χ2v) is 4.45. The summed E-state index contributed by atoms with van der Waals surface area (Å²) in [5.41, 5.74) is 0.392. The zero-order valence-electron chi connectivity index (χ0n) is 11.0. The number of ether oxygens (including phenoxy) is 2. The molecular formula is C13H11BrF3NO3. The second-order valence-electron chi connectivity index (χ2n) is 3.89. The van der Waals surface area contributed by atoms with Crippen LogP contribution in [0.25, 0.3) is 0 Å². The van der Waals surface area contributed by atoms with Gasteiger partial charge in [0, 0.05) is 10.9 Å². The third-order valence-corrected chi connectivity index (χ3v) is 3.02. The minimum Gasteiger partial charge on any atom is -0.466 e. The quantitative estimate of drug-likeness (QED) is 0.592. The van der Waals surface area contributed by atoms with Gasteiger partial charge in [0.1, 0.15) is 5.75 Å². The van der Waals surface area contributed by atoms with E-state index < -0.39 is 18.1 Å². The van der Waals surface area contributed by atoms with Gasteiger partial charge >= 0.3 is 12.3 Å². The van der Waals surface area contributed by atoms with Crippen LogP contribution in [0.15, 0.2) is 12.1 Å². The van der Waals surface area contributed by atoms with E-state index in [9.17, 15) is 18.0 Å². The van der Waals surface area contributed by atoms with Crippen molar-refractivity contribution in [3.63, 3.8) is 0 Å². The summed E-state index contributed by atoms with van der Waals surface area (Å²) in [4.78, 5) is 11.4. The molecule has 0 unspecified atom stereocenters. The highest BCUT2D eigenvalue weighted by atomic mass is 79.9. The highest BCUT2D eigenvalue weighted by Gasteiger charge is 2.32. The molecule has 0 fully saturated rings. The Morgan fingerprint density at radius 2 is 2.05 bits per heavy atom. The van der Waals surface area contributed by atoms with E-state index in [0.29, 0.717) is 0 Å². The molecule has 0 aromatic heterocycles. The first kappa shape index (κ1) is 17.3. The Labute approximate surface area is 127 Å². The Morgan fingerprint density at radius 3 is 2.52 bits per heavy atom. The van der Waals surface area contributed by atoms with E-state index >= 15 is 0 Å². The van der Waals surface area contributed by atoms with Gasteiger partial charge in [-0.25, -0.2) is 0 Å². The number of carbonyl (C=O) groups is 1. The third kappa shape index (κ3) is 5.27. The summed E-state index contributed by atoms with van der Waals surface area (Å²) in [7, 11) is 0. The largest absolute Gasteiger partial charge is 0.573 e. The fourth-order valence-corrected chi connectivity index (χ4v) is 2.05. The van der Waals surface area contributed by atoms with E-state index in [-0.39, 0.29) is 35.0 Å². The van der Waals surface area contributed by atoms with Crippen molar-refractivity contribution in [2.45, 2.75) is 25.0 Å². The summed E-state index contributed by atoms with van der Waals surface area (Å²) < 4.78 is 45.7. The van der Waals surface area contributed by atoms with Crippen molar-refractivity contribution in [2.75, 3.05) is 6.61 Å². The molecule has 0 N–H and O–H groups in total. The first-order valence-corrected chi connectivity index (χ1v) is 6.96. The molecule has 1 rings (SSSR count). The fraction of sp³-hybridized carbons (Fsp3) is 0.385. The van der Waals surface area contributed by atoms with E-state index in [4.69, 9.17) is 10.00 Å². The van der Waals surface area contributed by atoms with Crippen LogP contribution in [0.1, 0.15) is 23.6 Å². The highest BCUT2D eigenvalue weighted by Crippen LogP contribution is 2.31. The van der Waals surface area contributed by atoms with Crippen LogP contribution >= 0.6 is 15.9 Å². The van der Waals surface area contributed by atoms with Gasteiger partial charge in [0.05, 0.1) is 24.7 Å². The van der Waals surface area contributed by atoms with Crippen molar-refractivity contribution < 1.29 is 27.4 Å². The molecule has 0 saturated carbocycles. The fourth-order valence-electron chi connectivity index (χ4n) is 1.61. The molecule has 0 spiro atoms. The number of benzene rings is 1. The average molecular weight is 366 g/mol. The predicted molar refractivity (Wildman–Crippen MR) is 70.8 cm³/mol. The third-order valence-electron chi connectivity index (χ3n) is 2.42. The lowest BCUT2D eigenvalue weighted by Crippen LogP contribution is -2.18. The molecule has 0 aliphatic rings. The molecule has 0 amide bonds. The zero-order valence-corrected chi connectivity index (χ0v) is 12.5. The topological polar surface area (TPSA) is 59.3 Å². The lowest BCUT2D eigenvalue weighted by molar-refractivity contribution is -0.274. The van der Waals surface area contributed by atoms with E-state index in [0.717, 1.165) is 6.07 Å². The zero-order chi connectivity index (χ0) is 16.0. The molecule has 0 aliphatic heterocycles. The first-order chi connectivity index (χ1) is 9.80. The smallest absolute Gasteiger partial charge is 0.466 e. The van der Waals surface area contributed by atoms with Crippen molar-refractivity contribution >= 4 is 21.9 Å². The van der Waals surface area contributed by atoms with Gasteiger partial charge in [0.25, 0.3) is 0 Å². The van der Waals surface area contributed by atoms with Gasteiger partial charge in [-0.15, -0.1) is 13.2 Å². The van der Waals surface area contributed by atoms with E-state index in [2.05, 4.69) is 20.7 Å². The summed E-state index contributed by atoms with van der Waals surface area (Å²) in [6.07, 6.45) is -5.15. The second kappa shape index (κ2) is 7.31. The lowest BCUT2D eigenvalue weighted by atomic mass is 10.0. The molecule has 4 nitrogen and oxygen atoms in total. The lowest BCUT2D eigenvalue weighted by Gasteiger charge is -2.14. The standard InChI is InChI=1S/C13H11BrF3NO3/c1-2-20-12(19)5-8-4-11(21-13(15,16)17)9(6-14)3-10(8)7-18/h3-4H,2,5-6H2,1H3. The van der Waals surface area contributed by atoms with Gasteiger partial charge < -0.3 is 9.47 Å². The Bertz CT molecular complexity index is 567. The number of nitriles is 1. The van der Waals surface area contributed by atoms with E-state index in [1.165, 1.54) is 6.07 Å². The van der Waals surface area contributed by atoms with Gasteiger partial charge in [-0.05, 0) is 24.6 Å². The molecule has 0 atom stereocenters. The maximum atomic E-state index is 12.4. The Balaban J connectivity index is 3.20. The van der Waals surface area contributed by atoms with E-state index in [1.807, 2.05) is 6.07 Å². The Morgan fingerprint density at radius 1 is 1.38 bits per heavy atom. The molecular weight excluding hydrogens is 355 g/mol. The molecule has 8 heteroatoms. The van der Waals surface area contributed by atoms with Gasteiger partial charge in [0.15, 0.2) is 0 Å². The first-order valence-electron chi connectivity index (χ1n) is 5.84. The molecule has 0 saturated heterocycles. The minimum absolute atomic E-state index is 0.0762. The van der Waals surface area contributed by atoms with Crippen LogP contribution in [0, 0.1) is 11.3 Å². The summed E-state index contributed by atoms with van der Waals surface area (Å²) in [5, 5.41) is 9.10. The number of carbonyl (C=O) groups excluding carboxylic acids is 1.